The number of amides is 2. The fourth-order valence-electron chi connectivity index (χ4n) is 4.69. The Morgan fingerprint density at radius 3 is 2.51 bits per heavy atom. The zero-order valence-electron chi connectivity index (χ0n) is 17.9. The van der Waals surface area contributed by atoms with Gasteiger partial charge in [0.05, 0.1) is 17.2 Å². The zero-order valence-corrected chi connectivity index (χ0v) is 18.8. The second-order valence-electron chi connectivity index (χ2n) is 8.44. The van der Waals surface area contributed by atoms with E-state index < -0.39 is 63.6 Å². The highest BCUT2D eigenvalue weighted by Crippen LogP contribution is 2.43. The number of rotatable bonds is 4. The minimum absolute atomic E-state index is 0.0282. The van der Waals surface area contributed by atoms with Crippen LogP contribution in [0.4, 0.5) is 32.6 Å². The molecule has 0 spiro atoms. The number of halogens is 5. The van der Waals surface area contributed by atoms with Crippen molar-refractivity contribution in [2.75, 3.05) is 24.2 Å². The molecular formula is C21H17F5N4O4S. The van der Waals surface area contributed by atoms with Crippen LogP contribution < -0.4 is 9.62 Å². The van der Waals surface area contributed by atoms with Crippen molar-refractivity contribution >= 4 is 32.8 Å². The van der Waals surface area contributed by atoms with Gasteiger partial charge in [0.2, 0.25) is 10.0 Å². The van der Waals surface area contributed by atoms with Crippen LogP contribution in [0, 0.1) is 17.5 Å². The topological polar surface area (TPSA) is 95.8 Å². The van der Waals surface area contributed by atoms with E-state index in [1.54, 1.807) is 0 Å². The Labute approximate surface area is 195 Å². The molecule has 3 heterocycles. The second-order valence-corrected chi connectivity index (χ2v) is 10.2. The third-order valence-electron chi connectivity index (χ3n) is 6.14. The molecule has 14 heteroatoms. The van der Waals surface area contributed by atoms with Crippen molar-refractivity contribution in [3.05, 3.63) is 47.8 Å². The lowest BCUT2D eigenvalue weighted by atomic mass is 9.99. The summed E-state index contributed by atoms with van der Waals surface area (Å²) in [5.74, 6) is -7.19. The highest BCUT2D eigenvalue weighted by molar-refractivity contribution is 7.88. The number of nitrogens with zero attached hydrogens (tertiary/aromatic N) is 3. The fourth-order valence-corrected chi connectivity index (χ4v) is 5.43. The quantitative estimate of drug-likeness (QED) is 0.536. The number of carbonyl (C=O) groups is 1. The third kappa shape index (κ3) is 3.80. The fraction of sp³-hybridized carbons (Fsp3) is 0.333. The highest BCUT2D eigenvalue weighted by atomic mass is 32.2. The number of nitrogens with one attached hydrogen (secondary N) is 1. The molecular weight excluding hydrogens is 499 g/mol. The van der Waals surface area contributed by atoms with E-state index in [9.17, 15) is 35.2 Å². The van der Waals surface area contributed by atoms with Crippen molar-refractivity contribution in [2.24, 2.45) is 0 Å². The van der Waals surface area contributed by atoms with Gasteiger partial charge in [-0.3, -0.25) is 4.90 Å². The van der Waals surface area contributed by atoms with Gasteiger partial charge >= 0.3 is 6.03 Å². The molecule has 2 fully saturated rings. The minimum Gasteiger partial charge on any atom is -0.354 e. The van der Waals surface area contributed by atoms with Crippen molar-refractivity contribution in [3.8, 4) is 11.1 Å². The zero-order chi connectivity index (χ0) is 25.3. The van der Waals surface area contributed by atoms with Gasteiger partial charge in [-0.15, -0.1) is 0 Å². The van der Waals surface area contributed by atoms with E-state index in [0.717, 1.165) is 16.1 Å². The van der Waals surface area contributed by atoms with Gasteiger partial charge in [-0.1, -0.05) is 17.3 Å². The normalized spacial score (nSPS) is 22.2. The summed E-state index contributed by atoms with van der Waals surface area (Å²) >= 11 is 0. The molecule has 2 amide bonds. The molecule has 2 aliphatic heterocycles. The number of fused-ring (bicyclic) bond motifs is 2. The van der Waals surface area contributed by atoms with E-state index in [1.165, 1.54) is 18.2 Å². The third-order valence-corrected chi connectivity index (χ3v) is 6.85. The van der Waals surface area contributed by atoms with Crippen LogP contribution in [0.1, 0.15) is 6.42 Å². The predicted octanol–water partition coefficient (Wildman–Crippen LogP) is 3.48. The van der Waals surface area contributed by atoms with Crippen LogP contribution in [-0.2, 0) is 10.0 Å². The number of urea groups is 1. The van der Waals surface area contributed by atoms with Gasteiger partial charge in [0, 0.05) is 30.8 Å². The summed E-state index contributed by atoms with van der Waals surface area (Å²) in [6.07, 6.45) is 0.502. The van der Waals surface area contributed by atoms with Crippen LogP contribution in [0.2, 0.25) is 0 Å². The van der Waals surface area contributed by atoms with Crippen molar-refractivity contribution in [3.63, 3.8) is 0 Å². The predicted molar refractivity (Wildman–Crippen MR) is 114 cm³/mol. The smallest absolute Gasteiger partial charge is 0.326 e. The summed E-state index contributed by atoms with van der Waals surface area (Å²) in [6, 6.07) is 0.908. The lowest BCUT2D eigenvalue weighted by molar-refractivity contribution is -0.0448. The number of aromatic nitrogens is 1. The Morgan fingerprint density at radius 1 is 1.17 bits per heavy atom. The molecule has 2 aromatic carbocycles. The minimum atomic E-state index is -3.98. The van der Waals surface area contributed by atoms with Gasteiger partial charge in [-0.05, 0) is 12.5 Å². The van der Waals surface area contributed by atoms with E-state index in [0.29, 0.717) is 12.1 Å². The first-order valence-corrected chi connectivity index (χ1v) is 12.2. The summed E-state index contributed by atoms with van der Waals surface area (Å²) in [7, 11) is -3.98. The summed E-state index contributed by atoms with van der Waals surface area (Å²) in [4.78, 5) is 15.1. The maximum absolute atomic E-state index is 14.9. The molecule has 2 atom stereocenters. The summed E-state index contributed by atoms with van der Waals surface area (Å²) in [5, 5.41) is 3.88. The standard InChI is InChI=1S/C21H17F5N4O4S/c1-35(32,33)28-15-9-30-16(21(15,25)26)5-6-29(20(30)31)19-18-11(3-2-4-14(18)34-27-19)17-12(23)7-10(22)8-13(17)24/h2-4,7-8,15-16,28H,5-6,9H2,1H3/t15-,16-/m1/s1. The number of sulfonamides is 1. The van der Waals surface area contributed by atoms with Crippen molar-refractivity contribution in [1.82, 2.24) is 14.8 Å². The molecule has 0 bridgehead atoms. The number of benzene rings is 2. The Balaban J connectivity index is 1.57. The summed E-state index contributed by atoms with van der Waals surface area (Å²) < 4.78 is 103. The number of hydrogen-bond donors (Lipinski definition) is 1. The van der Waals surface area contributed by atoms with Gasteiger partial charge in [-0.2, -0.15) is 0 Å². The molecule has 1 N–H and O–H groups in total. The molecule has 5 rings (SSSR count). The first-order valence-electron chi connectivity index (χ1n) is 10.3. The Bertz CT molecular complexity index is 1440. The van der Waals surface area contributed by atoms with Crippen LogP contribution in [0.5, 0.6) is 0 Å². The first kappa shape index (κ1) is 23.5. The maximum atomic E-state index is 14.9. The molecule has 35 heavy (non-hydrogen) atoms. The van der Waals surface area contributed by atoms with Crippen LogP contribution in [0.15, 0.2) is 34.9 Å². The van der Waals surface area contributed by atoms with E-state index >= 15 is 0 Å². The summed E-state index contributed by atoms with van der Waals surface area (Å²) in [6.45, 7) is -0.838. The molecule has 0 aliphatic carbocycles. The molecule has 0 unspecified atom stereocenters. The average molecular weight is 516 g/mol. The largest absolute Gasteiger partial charge is 0.354 e. The number of alkyl halides is 2. The number of anilines is 1. The Kier molecular flexibility index (Phi) is 5.29. The van der Waals surface area contributed by atoms with Gasteiger partial charge in [0.25, 0.3) is 5.92 Å². The molecule has 2 aliphatic rings. The first-order chi connectivity index (χ1) is 16.4. The number of hydrogen-bond acceptors (Lipinski definition) is 5. The van der Waals surface area contributed by atoms with Gasteiger partial charge in [0.15, 0.2) is 11.4 Å². The average Bonchev–Trinajstić information content (AvgIpc) is 3.27. The van der Waals surface area contributed by atoms with Gasteiger partial charge in [-0.25, -0.2) is 39.9 Å². The second kappa shape index (κ2) is 7.88. The van der Waals surface area contributed by atoms with E-state index in [2.05, 4.69) is 5.16 Å². The summed E-state index contributed by atoms with van der Waals surface area (Å²) in [5.41, 5.74) is -0.597. The lowest BCUT2D eigenvalue weighted by Crippen LogP contribution is -2.56. The Morgan fingerprint density at radius 2 is 1.86 bits per heavy atom. The molecule has 0 saturated carbocycles. The van der Waals surface area contributed by atoms with Crippen LogP contribution in [0.3, 0.4) is 0 Å². The molecule has 3 aromatic rings. The number of carbonyl (C=O) groups excluding carboxylic acids is 1. The molecule has 1 aromatic heterocycles. The van der Waals surface area contributed by atoms with Crippen molar-refractivity contribution < 1.29 is 39.7 Å². The van der Waals surface area contributed by atoms with Crippen LogP contribution in [-0.4, -0.2) is 61.9 Å². The van der Waals surface area contributed by atoms with Crippen LogP contribution >= 0.6 is 0 Å². The van der Waals surface area contributed by atoms with Gasteiger partial charge < -0.3 is 9.42 Å². The van der Waals surface area contributed by atoms with Crippen molar-refractivity contribution in [2.45, 2.75) is 24.4 Å². The van der Waals surface area contributed by atoms with E-state index in [1.807, 2.05) is 4.72 Å². The molecule has 2 saturated heterocycles. The highest BCUT2D eigenvalue weighted by Gasteiger charge is 2.60. The SMILES string of the molecule is CS(=O)(=O)N[C@@H]1CN2C(=O)N(c3noc4cccc(-c5c(F)cc(F)cc5F)c34)CC[C@@H]2C1(F)F. The van der Waals surface area contributed by atoms with E-state index in [-0.39, 0.29) is 35.3 Å². The van der Waals surface area contributed by atoms with Crippen molar-refractivity contribution in [1.29, 1.82) is 0 Å². The molecule has 186 valence electrons. The molecule has 0 radical (unpaired) electrons. The Hall–Kier alpha value is -3.26. The maximum Gasteiger partial charge on any atom is 0.326 e. The van der Waals surface area contributed by atoms with E-state index in [4.69, 9.17) is 4.52 Å². The lowest BCUT2D eigenvalue weighted by Gasteiger charge is -2.37. The monoisotopic (exact) mass is 516 g/mol. The van der Waals surface area contributed by atoms with Crippen LogP contribution in [0.25, 0.3) is 22.1 Å². The molecule has 8 nitrogen and oxygen atoms in total. The van der Waals surface area contributed by atoms with Gasteiger partial charge in [0.1, 0.15) is 29.5 Å².